The number of nitrogens with zero attached hydrogens (tertiary/aromatic N) is 1. The van der Waals surface area contributed by atoms with Gasteiger partial charge in [-0.2, -0.15) is 0 Å². The third-order valence-electron chi connectivity index (χ3n) is 2.91. The van der Waals surface area contributed by atoms with Gasteiger partial charge in [0, 0.05) is 13.6 Å². The van der Waals surface area contributed by atoms with Crippen LogP contribution in [0.1, 0.15) is 24.2 Å². The molecule has 0 unspecified atom stereocenters. The van der Waals surface area contributed by atoms with E-state index in [4.69, 9.17) is 0 Å². The Labute approximate surface area is 124 Å². The van der Waals surface area contributed by atoms with Gasteiger partial charge < -0.3 is 10.0 Å². The van der Waals surface area contributed by atoms with E-state index in [2.05, 4.69) is 15.9 Å². The van der Waals surface area contributed by atoms with Crippen LogP contribution >= 0.6 is 27.3 Å². The molecule has 2 aromatic rings. The predicted octanol–water partition coefficient (Wildman–Crippen LogP) is 4.34. The first-order valence-corrected chi connectivity index (χ1v) is 7.56. The smallest absolute Gasteiger partial charge is 0.146 e. The van der Waals surface area contributed by atoms with Gasteiger partial charge in [0.1, 0.15) is 5.82 Å². The van der Waals surface area contributed by atoms with Crippen LogP contribution < -0.4 is 4.90 Å². The van der Waals surface area contributed by atoms with Crippen LogP contribution in [0.3, 0.4) is 0 Å². The predicted molar refractivity (Wildman–Crippen MR) is 81.2 cm³/mol. The number of rotatable bonds is 4. The molecule has 0 fully saturated rings. The Morgan fingerprint density at radius 3 is 2.68 bits per heavy atom. The van der Waals surface area contributed by atoms with Crippen LogP contribution in [0.25, 0.3) is 0 Å². The fourth-order valence-electron chi connectivity index (χ4n) is 1.88. The molecule has 1 N–H and O–H groups in total. The summed E-state index contributed by atoms with van der Waals surface area (Å²) >= 11 is 5.03. The van der Waals surface area contributed by atoms with Gasteiger partial charge in [-0.3, -0.25) is 0 Å². The minimum Gasteiger partial charge on any atom is -0.389 e. The standard InChI is InChI=1S/C14H15BrFNOS/c1-9(18)11-3-4-13(12(16)6-11)17(2)7-10-5-14(15)19-8-10/h3-6,8-9,18H,7H2,1-2H3/t9-/m1/s1. The van der Waals surface area contributed by atoms with Crippen molar-refractivity contribution in [3.05, 3.63) is 50.4 Å². The Hall–Kier alpha value is -0.910. The first-order valence-electron chi connectivity index (χ1n) is 5.89. The molecule has 1 heterocycles. The number of benzene rings is 1. The summed E-state index contributed by atoms with van der Waals surface area (Å²) in [5.41, 5.74) is 2.26. The lowest BCUT2D eigenvalue weighted by Gasteiger charge is -2.20. The topological polar surface area (TPSA) is 23.5 Å². The molecule has 1 atom stereocenters. The van der Waals surface area contributed by atoms with Gasteiger partial charge in [0.05, 0.1) is 15.6 Å². The second-order valence-electron chi connectivity index (χ2n) is 4.50. The van der Waals surface area contributed by atoms with E-state index in [0.717, 1.165) is 9.35 Å². The monoisotopic (exact) mass is 343 g/mol. The van der Waals surface area contributed by atoms with Crippen LogP contribution in [0.4, 0.5) is 10.1 Å². The molecule has 0 spiro atoms. The molecule has 1 aromatic carbocycles. The van der Waals surface area contributed by atoms with Crippen LogP contribution in [0.15, 0.2) is 33.4 Å². The van der Waals surface area contributed by atoms with Crippen LogP contribution in [0, 0.1) is 5.82 Å². The summed E-state index contributed by atoms with van der Waals surface area (Å²) in [4.78, 5) is 1.86. The van der Waals surface area contributed by atoms with E-state index in [9.17, 15) is 9.50 Å². The van der Waals surface area contributed by atoms with Gasteiger partial charge in [-0.15, -0.1) is 11.3 Å². The second-order valence-corrected chi connectivity index (χ2v) is 6.79. The van der Waals surface area contributed by atoms with E-state index < -0.39 is 6.10 Å². The Balaban J connectivity index is 2.17. The molecular formula is C14H15BrFNOS. The van der Waals surface area contributed by atoms with Crippen molar-refractivity contribution in [2.45, 2.75) is 19.6 Å². The lowest BCUT2D eigenvalue weighted by Crippen LogP contribution is -2.17. The van der Waals surface area contributed by atoms with Crippen LogP contribution in [-0.2, 0) is 6.54 Å². The number of aliphatic hydroxyl groups is 1. The summed E-state index contributed by atoms with van der Waals surface area (Å²) in [6, 6.07) is 6.88. The average Bonchev–Trinajstić information content (AvgIpc) is 2.74. The first-order chi connectivity index (χ1) is 8.97. The molecule has 19 heavy (non-hydrogen) atoms. The summed E-state index contributed by atoms with van der Waals surface area (Å²) in [7, 11) is 1.85. The molecule has 0 bridgehead atoms. The lowest BCUT2D eigenvalue weighted by atomic mass is 10.1. The van der Waals surface area contributed by atoms with Crippen molar-refractivity contribution in [1.29, 1.82) is 0 Å². The highest BCUT2D eigenvalue weighted by molar-refractivity contribution is 9.11. The highest BCUT2D eigenvalue weighted by Crippen LogP contribution is 2.26. The van der Waals surface area contributed by atoms with Crippen molar-refractivity contribution in [1.82, 2.24) is 0 Å². The van der Waals surface area contributed by atoms with E-state index in [0.29, 0.717) is 17.8 Å². The molecule has 0 aliphatic rings. The number of aliphatic hydroxyl groups excluding tert-OH is 1. The van der Waals surface area contributed by atoms with E-state index in [-0.39, 0.29) is 5.82 Å². The maximum absolute atomic E-state index is 14.0. The van der Waals surface area contributed by atoms with E-state index in [1.54, 1.807) is 30.4 Å². The van der Waals surface area contributed by atoms with Gasteiger partial charge in [-0.1, -0.05) is 6.07 Å². The summed E-state index contributed by atoms with van der Waals surface area (Å²) in [6.45, 7) is 2.27. The fourth-order valence-corrected chi connectivity index (χ4v) is 3.08. The minimum atomic E-state index is -0.651. The number of halogens is 2. The van der Waals surface area contributed by atoms with Gasteiger partial charge >= 0.3 is 0 Å². The van der Waals surface area contributed by atoms with Crippen molar-refractivity contribution >= 4 is 33.0 Å². The lowest BCUT2D eigenvalue weighted by molar-refractivity contribution is 0.199. The zero-order chi connectivity index (χ0) is 14.0. The quantitative estimate of drug-likeness (QED) is 0.892. The van der Waals surface area contributed by atoms with Crippen molar-refractivity contribution in [3.8, 4) is 0 Å². The average molecular weight is 344 g/mol. The normalized spacial score (nSPS) is 12.5. The summed E-state index contributed by atoms with van der Waals surface area (Å²) < 4.78 is 15.1. The summed E-state index contributed by atoms with van der Waals surface area (Å²) in [6.07, 6.45) is -0.651. The molecule has 2 nitrogen and oxygen atoms in total. The van der Waals surface area contributed by atoms with Crippen molar-refractivity contribution in [2.75, 3.05) is 11.9 Å². The molecule has 5 heteroatoms. The Bertz CT molecular complexity index is 570. The molecule has 0 amide bonds. The van der Waals surface area contributed by atoms with Gasteiger partial charge in [0.15, 0.2) is 0 Å². The molecule has 0 saturated carbocycles. The second kappa shape index (κ2) is 6.03. The Morgan fingerprint density at radius 1 is 1.42 bits per heavy atom. The molecule has 1 aromatic heterocycles. The van der Waals surface area contributed by atoms with Crippen molar-refractivity contribution in [3.63, 3.8) is 0 Å². The first kappa shape index (κ1) is 14.5. The number of anilines is 1. The maximum Gasteiger partial charge on any atom is 0.146 e. The van der Waals surface area contributed by atoms with Gasteiger partial charge in [-0.05, 0) is 57.6 Å². The fraction of sp³-hybridized carbons (Fsp3) is 0.286. The number of hydrogen-bond acceptors (Lipinski definition) is 3. The molecule has 2 rings (SSSR count). The van der Waals surface area contributed by atoms with E-state index >= 15 is 0 Å². The number of thiophene rings is 1. The zero-order valence-electron chi connectivity index (χ0n) is 10.7. The van der Waals surface area contributed by atoms with Gasteiger partial charge in [-0.25, -0.2) is 4.39 Å². The Kier molecular flexibility index (Phi) is 4.60. The minimum absolute atomic E-state index is 0.310. The SMILES string of the molecule is C[C@@H](O)c1ccc(N(C)Cc2csc(Br)c2)c(F)c1. The highest BCUT2D eigenvalue weighted by atomic mass is 79.9. The summed E-state index contributed by atoms with van der Waals surface area (Å²) in [5, 5.41) is 11.5. The van der Waals surface area contributed by atoms with E-state index in [1.165, 1.54) is 6.07 Å². The highest BCUT2D eigenvalue weighted by Gasteiger charge is 2.11. The summed E-state index contributed by atoms with van der Waals surface area (Å²) in [5.74, 6) is -0.310. The molecule has 0 saturated heterocycles. The van der Waals surface area contributed by atoms with Crippen LogP contribution in [0.5, 0.6) is 0 Å². The van der Waals surface area contributed by atoms with Crippen LogP contribution in [-0.4, -0.2) is 12.2 Å². The zero-order valence-corrected chi connectivity index (χ0v) is 13.1. The van der Waals surface area contributed by atoms with Gasteiger partial charge in [0.2, 0.25) is 0 Å². The van der Waals surface area contributed by atoms with Crippen molar-refractivity contribution < 1.29 is 9.50 Å². The van der Waals surface area contributed by atoms with Crippen LogP contribution in [0.2, 0.25) is 0 Å². The van der Waals surface area contributed by atoms with E-state index in [1.807, 2.05) is 23.4 Å². The number of hydrogen-bond donors (Lipinski definition) is 1. The maximum atomic E-state index is 14.0. The molecule has 0 radical (unpaired) electrons. The van der Waals surface area contributed by atoms with Gasteiger partial charge in [0.25, 0.3) is 0 Å². The van der Waals surface area contributed by atoms with Crippen molar-refractivity contribution in [2.24, 2.45) is 0 Å². The molecular weight excluding hydrogens is 329 g/mol. The third kappa shape index (κ3) is 3.55. The Morgan fingerprint density at radius 2 is 2.16 bits per heavy atom. The third-order valence-corrected chi connectivity index (χ3v) is 4.46. The largest absolute Gasteiger partial charge is 0.389 e. The molecule has 102 valence electrons. The molecule has 0 aliphatic heterocycles. The molecule has 0 aliphatic carbocycles.